The number of ether oxygens (including phenoxy) is 1. The molecule has 0 aliphatic carbocycles. The maximum atomic E-state index is 5.99. The highest BCUT2D eigenvalue weighted by atomic mass is 32.2. The first-order chi connectivity index (χ1) is 5.70. The van der Waals surface area contributed by atoms with Crippen LogP contribution in [0, 0.1) is 5.92 Å². The second-order valence-electron chi connectivity index (χ2n) is 3.67. The lowest BCUT2D eigenvalue weighted by molar-refractivity contribution is 0.0595. The van der Waals surface area contributed by atoms with Crippen molar-refractivity contribution in [1.29, 1.82) is 0 Å². The van der Waals surface area contributed by atoms with Crippen LogP contribution in [0.1, 0.15) is 20.3 Å². The Balaban J connectivity index is 2.13. The summed E-state index contributed by atoms with van der Waals surface area (Å²) in [7, 11) is 0. The van der Waals surface area contributed by atoms with Crippen molar-refractivity contribution >= 4 is 11.8 Å². The number of nitrogens with two attached hydrogens (primary N) is 1. The predicted molar refractivity (Wildman–Crippen MR) is 54.5 cm³/mol. The summed E-state index contributed by atoms with van der Waals surface area (Å²) in [5.74, 6) is 3.19. The molecule has 1 fully saturated rings. The number of thioether (sulfide) groups is 1. The molecule has 0 aromatic heterocycles. The van der Waals surface area contributed by atoms with Gasteiger partial charge in [-0.1, -0.05) is 0 Å². The van der Waals surface area contributed by atoms with Crippen LogP contribution in [0.3, 0.4) is 0 Å². The highest BCUT2D eigenvalue weighted by Crippen LogP contribution is 2.25. The summed E-state index contributed by atoms with van der Waals surface area (Å²) in [6, 6.07) is 0.252. The van der Waals surface area contributed by atoms with Gasteiger partial charge in [-0.25, -0.2) is 0 Å². The van der Waals surface area contributed by atoms with Gasteiger partial charge in [-0.2, -0.15) is 11.8 Å². The molecule has 1 aliphatic rings. The Bertz CT molecular complexity index is 124. The van der Waals surface area contributed by atoms with Gasteiger partial charge in [0.2, 0.25) is 0 Å². The fourth-order valence-electron chi connectivity index (χ4n) is 1.33. The van der Waals surface area contributed by atoms with Crippen LogP contribution in [0.15, 0.2) is 0 Å². The van der Waals surface area contributed by atoms with E-state index in [0.717, 1.165) is 6.61 Å². The van der Waals surface area contributed by atoms with Gasteiger partial charge in [-0.3, -0.25) is 0 Å². The molecule has 0 saturated carbocycles. The molecule has 12 heavy (non-hydrogen) atoms. The second-order valence-corrected chi connectivity index (χ2v) is 4.82. The third kappa shape index (κ3) is 3.33. The topological polar surface area (TPSA) is 35.2 Å². The highest BCUT2D eigenvalue weighted by molar-refractivity contribution is 7.99. The van der Waals surface area contributed by atoms with Gasteiger partial charge in [0.1, 0.15) is 0 Å². The maximum absolute atomic E-state index is 5.99. The fraction of sp³-hybridized carbons (Fsp3) is 1.00. The average Bonchev–Trinajstić information content (AvgIpc) is 2.51. The zero-order chi connectivity index (χ0) is 8.97. The monoisotopic (exact) mass is 189 g/mol. The summed E-state index contributed by atoms with van der Waals surface area (Å²) in [4.78, 5) is 0. The molecule has 1 saturated heterocycles. The van der Waals surface area contributed by atoms with Gasteiger partial charge in [-0.15, -0.1) is 0 Å². The predicted octanol–water partition coefficient (Wildman–Crippen LogP) is 1.49. The standard InChI is InChI=1S/C9H19NOS/c1-7(2)11-5-9(10)8-3-4-12-6-8/h7-9H,3-6,10H2,1-2H3. The van der Waals surface area contributed by atoms with Crippen molar-refractivity contribution in [3.8, 4) is 0 Å². The van der Waals surface area contributed by atoms with Crippen molar-refractivity contribution in [1.82, 2.24) is 0 Å². The quantitative estimate of drug-likeness (QED) is 0.728. The lowest BCUT2D eigenvalue weighted by Gasteiger charge is -2.19. The minimum absolute atomic E-state index is 0.252. The molecule has 2 unspecified atom stereocenters. The first-order valence-electron chi connectivity index (χ1n) is 4.65. The Morgan fingerprint density at radius 1 is 1.58 bits per heavy atom. The van der Waals surface area contributed by atoms with E-state index in [-0.39, 0.29) is 6.04 Å². The zero-order valence-corrected chi connectivity index (χ0v) is 8.77. The van der Waals surface area contributed by atoms with E-state index in [1.165, 1.54) is 17.9 Å². The summed E-state index contributed by atoms with van der Waals surface area (Å²) < 4.78 is 5.48. The normalized spacial score (nSPS) is 26.5. The van der Waals surface area contributed by atoms with E-state index in [1.807, 2.05) is 11.8 Å². The van der Waals surface area contributed by atoms with Gasteiger partial charge in [0, 0.05) is 6.04 Å². The van der Waals surface area contributed by atoms with Gasteiger partial charge < -0.3 is 10.5 Å². The smallest absolute Gasteiger partial charge is 0.0624 e. The Hall–Kier alpha value is 0.270. The minimum Gasteiger partial charge on any atom is -0.377 e. The van der Waals surface area contributed by atoms with Crippen LogP contribution in [0.25, 0.3) is 0 Å². The van der Waals surface area contributed by atoms with Gasteiger partial charge in [-0.05, 0) is 37.7 Å². The average molecular weight is 189 g/mol. The van der Waals surface area contributed by atoms with Crippen LogP contribution >= 0.6 is 11.8 Å². The molecule has 1 rings (SSSR count). The van der Waals surface area contributed by atoms with E-state index in [9.17, 15) is 0 Å². The Morgan fingerprint density at radius 2 is 2.33 bits per heavy atom. The number of hydrogen-bond donors (Lipinski definition) is 1. The van der Waals surface area contributed by atoms with Gasteiger partial charge in [0.25, 0.3) is 0 Å². The summed E-state index contributed by atoms with van der Waals surface area (Å²) in [6.45, 7) is 4.83. The lowest BCUT2D eigenvalue weighted by Crippen LogP contribution is -2.35. The molecule has 3 heteroatoms. The Labute approximate surface area is 79.2 Å². The van der Waals surface area contributed by atoms with Crippen molar-refractivity contribution in [3.05, 3.63) is 0 Å². The SMILES string of the molecule is CC(C)OCC(N)C1CCSC1. The molecule has 0 aromatic carbocycles. The van der Waals surface area contributed by atoms with E-state index < -0.39 is 0 Å². The fourth-order valence-corrected chi connectivity index (χ4v) is 2.68. The van der Waals surface area contributed by atoms with E-state index in [1.54, 1.807) is 0 Å². The minimum atomic E-state index is 0.252. The largest absolute Gasteiger partial charge is 0.377 e. The van der Waals surface area contributed by atoms with Gasteiger partial charge in [0.05, 0.1) is 12.7 Å². The third-order valence-corrected chi connectivity index (χ3v) is 3.38. The highest BCUT2D eigenvalue weighted by Gasteiger charge is 2.22. The van der Waals surface area contributed by atoms with Crippen LogP contribution in [0.4, 0.5) is 0 Å². The van der Waals surface area contributed by atoms with Crippen LogP contribution in [0.2, 0.25) is 0 Å². The van der Waals surface area contributed by atoms with Crippen molar-refractivity contribution in [2.75, 3.05) is 18.1 Å². The number of hydrogen-bond acceptors (Lipinski definition) is 3. The summed E-state index contributed by atoms with van der Waals surface area (Å²) in [6.07, 6.45) is 1.58. The van der Waals surface area contributed by atoms with Crippen LogP contribution in [-0.4, -0.2) is 30.3 Å². The second kappa shape index (κ2) is 5.10. The van der Waals surface area contributed by atoms with Crippen LogP contribution < -0.4 is 5.73 Å². The van der Waals surface area contributed by atoms with E-state index in [0.29, 0.717) is 12.0 Å². The van der Waals surface area contributed by atoms with E-state index in [2.05, 4.69) is 13.8 Å². The molecule has 0 bridgehead atoms. The molecule has 2 nitrogen and oxygen atoms in total. The van der Waals surface area contributed by atoms with Crippen molar-refractivity contribution < 1.29 is 4.74 Å². The molecule has 0 aromatic rings. The first kappa shape index (κ1) is 10.4. The van der Waals surface area contributed by atoms with Crippen molar-refractivity contribution in [2.45, 2.75) is 32.4 Å². The Kier molecular flexibility index (Phi) is 4.40. The van der Waals surface area contributed by atoms with Crippen molar-refractivity contribution in [3.63, 3.8) is 0 Å². The molecule has 2 N–H and O–H groups in total. The first-order valence-corrected chi connectivity index (χ1v) is 5.80. The molecule has 72 valence electrons. The molecule has 1 heterocycles. The molecular weight excluding hydrogens is 170 g/mol. The van der Waals surface area contributed by atoms with Gasteiger partial charge in [0.15, 0.2) is 0 Å². The van der Waals surface area contributed by atoms with E-state index in [4.69, 9.17) is 10.5 Å². The van der Waals surface area contributed by atoms with E-state index >= 15 is 0 Å². The molecule has 1 aliphatic heterocycles. The Morgan fingerprint density at radius 3 is 2.83 bits per heavy atom. The summed E-state index contributed by atoms with van der Waals surface area (Å²) in [5.41, 5.74) is 5.99. The molecular formula is C9H19NOS. The van der Waals surface area contributed by atoms with Crippen LogP contribution in [0.5, 0.6) is 0 Å². The summed E-state index contributed by atoms with van der Waals surface area (Å²) >= 11 is 2.01. The zero-order valence-electron chi connectivity index (χ0n) is 7.95. The van der Waals surface area contributed by atoms with Gasteiger partial charge >= 0.3 is 0 Å². The lowest BCUT2D eigenvalue weighted by atomic mass is 10.0. The molecule has 0 spiro atoms. The van der Waals surface area contributed by atoms with Crippen molar-refractivity contribution in [2.24, 2.45) is 11.7 Å². The van der Waals surface area contributed by atoms with Crippen LogP contribution in [-0.2, 0) is 4.74 Å². The summed E-state index contributed by atoms with van der Waals surface area (Å²) in [5, 5.41) is 0. The molecule has 0 amide bonds. The number of rotatable bonds is 4. The maximum Gasteiger partial charge on any atom is 0.0624 e. The third-order valence-electron chi connectivity index (χ3n) is 2.19. The molecule has 0 radical (unpaired) electrons. The molecule has 2 atom stereocenters.